The van der Waals surface area contributed by atoms with Crippen LogP contribution in [-0.2, 0) is 84.1 Å². The van der Waals surface area contributed by atoms with Gasteiger partial charge in [0.15, 0.2) is 53.2 Å². The number of nitrogens with zero attached hydrogens (tertiary/aromatic N) is 9. The molecule has 4 aliphatic rings. The minimum atomic E-state index is -4.56. The lowest BCUT2D eigenvalue weighted by atomic mass is 10.0. The van der Waals surface area contributed by atoms with Crippen LogP contribution in [0.4, 0.5) is 35.7 Å². The summed E-state index contributed by atoms with van der Waals surface area (Å²) in [6.45, 7) is -7.38. The zero-order valence-corrected chi connectivity index (χ0v) is 51.1. The monoisotopic (exact) mass is 1340 g/mol. The summed E-state index contributed by atoms with van der Waals surface area (Å²) in [7, 11) is 0. The van der Waals surface area contributed by atoms with Crippen LogP contribution in [0.2, 0.25) is 0 Å². The van der Waals surface area contributed by atoms with Crippen LogP contribution < -0.4 is 43.4 Å². The second kappa shape index (κ2) is 29.0. The zero-order valence-electron chi connectivity index (χ0n) is 47.6. The first-order valence-corrected chi connectivity index (χ1v) is 32.9. The third kappa shape index (κ3) is 16.4. The van der Waals surface area contributed by atoms with Crippen LogP contribution in [0.5, 0.6) is 0 Å². The standard InChI is InChI=1S/C50H61F2N17O17P2S2/c1-24(2)36(65-31(71)13-16-67-32(72)11-12-33(67)73)46(75)64-27(5-3-14-55-49(54)76)45(74)63-26-9-7-25(8-10-26)17-80-50(77)56-15-4-6-30(70)66-42-38-44(60-21-58-42)69(23-62-38)48-35(52)40-29(84-48)19-82-87(78,89)85-39-28(18-81-88(79,90)86-40)83-47(34(39)51)68-22-61-37-41(53)57-20-59-43(37)68/h7-12,20-24,27-29,34-36,39-40,47-48H,3-6,13-19H2,1-2H3,(H,56,77)(H,63,74)(H,64,75)(H,65,71)(H,78,89)(H,79,90)(H2,53,57,59)(H3,54,55,76)(H,58,60,66,70)/t27-,28+,29+,34+,35+,36-,39+,40+,47+,48+,87?,88?/m0/s1. The summed E-state index contributed by atoms with van der Waals surface area (Å²) in [5.74, 6) is -4.12. The topological polar surface area (TPSA) is 453 Å². The van der Waals surface area contributed by atoms with Gasteiger partial charge in [0.05, 0.1) is 25.9 Å². The molecular formula is C50H61F2N17O17P2S2. The molecule has 8 heterocycles. The molecule has 9 rings (SSSR count). The lowest BCUT2D eigenvalue weighted by Gasteiger charge is -2.29. The molecule has 34 nitrogen and oxygen atoms in total. The summed E-state index contributed by atoms with van der Waals surface area (Å²) >= 11 is 9.30. The Labute approximate surface area is 518 Å². The van der Waals surface area contributed by atoms with Gasteiger partial charge in [0.1, 0.15) is 61.3 Å². The summed E-state index contributed by atoms with van der Waals surface area (Å²) in [6.07, 6.45) is -7.88. The molecule has 11 N–H and O–H groups in total. The van der Waals surface area contributed by atoms with E-state index in [1.807, 2.05) is 0 Å². The molecule has 5 aromatic rings. The number of amides is 9. The first-order valence-electron chi connectivity index (χ1n) is 27.6. The van der Waals surface area contributed by atoms with E-state index in [1.54, 1.807) is 26.0 Å². The van der Waals surface area contributed by atoms with Crippen molar-refractivity contribution >= 4 is 125 Å². The summed E-state index contributed by atoms with van der Waals surface area (Å²) in [5, 5.41) is 15.6. The van der Waals surface area contributed by atoms with E-state index >= 15 is 8.78 Å². The van der Waals surface area contributed by atoms with Gasteiger partial charge in [-0.05, 0) is 54.7 Å². The maximum Gasteiger partial charge on any atom is 0.407 e. The largest absolute Gasteiger partial charge is 0.445 e. The average molecular weight is 1340 g/mol. The number of urea groups is 1. The Morgan fingerprint density at radius 3 is 2.06 bits per heavy atom. The van der Waals surface area contributed by atoms with Crippen molar-refractivity contribution in [3.05, 3.63) is 67.3 Å². The first-order chi connectivity index (χ1) is 42.8. The first kappa shape index (κ1) is 66.6. The lowest BCUT2D eigenvalue weighted by Crippen LogP contribution is -2.54. The molecule has 12 atom stereocenters. The number of nitrogens with one attached hydrogen (secondary N) is 6. The van der Waals surface area contributed by atoms with Gasteiger partial charge < -0.3 is 67.0 Å². The van der Waals surface area contributed by atoms with Gasteiger partial charge in [-0.3, -0.25) is 56.4 Å². The number of primary amides is 1. The van der Waals surface area contributed by atoms with Crippen molar-refractivity contribution in [2.45, 2.75) is 114 Å². The number of fused-ring (bicyclic) bond motifs is 4. The molecule has 0 aliphatic carbocycles. The van der Waals surface area contributed by atoms with E-state index in [1.165, 1.54) is 23.0 Å². The van der Waals surface area contributed by atoms with Crippen molar-refractivity contribution in [2.24, 2.45) is 11.7 Å². The lowest BCUT2D eigenvalue weighted by molar-refractivity contribution is -0.137. The predicted molar refractivity (Wildman–Crippen MR) is 315 cm³/mol. The van der Waals surface area contributed by atoms with Gasteiger partial charge in [0, 0.05) is 50.3 Å². The van der Waals surface area contributed by atoms with E-state index in [-0.39, 0.29) is 92.3 Å². The summed E-state index contributed by atoms with van der Waals surface area (Å²) in [4.78, 5) is 138. The Bertz CT molecular complexity index is 3650. The normalized spacial score (nSPS) is 25.8. The van der Waals surface area contributed by atoms with Gasteiger partial charge in [-0.2, -0.15) is 0 Å². The van der Waals surface area contributed by atoms with E-state index in [9.17, 15) is 47.8 Å². The molecule has 40 heteroatoms. The number of ether oxygens (including phenoxy) is 3. The molecule has 3 saturated heterocycles. The highest BCUT2D eigenvalue weighted by Gasteiger charge is 2.54. The number of aromatic nitrogens is 8. The second-order valence-electron chi connectivity index (χ2n) is 20.9. The molecule has 0 bridgehead atoms. The highest BCUT2D eigenvalue weighted by molar-refractivity contribution is 8.44. The number of imidazole rings is 2. The van der Waals surface area contributed by atoms with Crippen LogP contribution in [0.1, 0.15) is 64.0 Å². The maximum atomic E-state index is 16.7. The molecule has 0 spiro atoms. The number of benzene rings is 1. The van der Waals surface area contributed by atoms with Crippen molar-refractivity contribution in [1.82, 2.24) is 65.2 Å². The number of carbonyl (C=O) groups is 8. The van der Waals surface area contributed by atoms with Crippen LogP contribution in [0.3, 0.4) is 0 Å². The molecule has 484 valence electrons. The third-order valence-electron chi connectivity index (χ3n) is 14.2. The van der Waals surface area contributed by atoms with Gasteiger partial charge in [0.2, 0.25) is 23.6 Å². The average Bonchev–Trinajstić information content (AvgIpc) is 1.82. The number of nitrogen functional groups attached to an aromatic ring is 1. The highest BCUT2D eigenvalue weighted by Crippen LogP contribution is 2.59. The molecular weight excluding hydrogens is 1270 g/mol. The van der Waals surface area contributed by atoms with E-state index in [2.05, 4.69) is 74.1 Å². The minimum absolute atomic E-state index is 0.000989. The molecule has 3 fully saturated rings. The summed E-state index contributed by atoms with van der Waals surface area (Å²) in [6, 6.07) is 3.16. The van der Waals surface area contributed by atoms with E-state index in [0.717, 1.165) is 40.6 Å². The Morgan fingerprint density at radius 1 is 0.789 bits per heavy atom. The summed E-state index contributed by atoms with van der Waals surface area (Å²) < 4.78 is 88.6. The molecule has 90 heavy (non-hydrogen) atoms. The summed E-state index contributed by atoms with van der Waals surface area (Å²) in [5.41, 5.74) is 12.1. The van der Waals surface area contributed by atoms with Crippen molar-refractivity contribution < 1.29 is 88.9 Å². The Kier molecular flexibility index (Phi) is 21.5. The maximum absolute atomic E-state index is 16.7. The molecule has 1 aromatic carbocycles. The van der Waals surface area contributed by atoms with Crippen LogP contribution in [0.15, 0.2) is 61.7 Å². The van der Waals surface area contributed by atoms with Crippen LogP contribution >= 0.6 is 25.8 Å². The van der Waals surface area contributed by atoms with Crippen molar-refractivity contribution in [3.63, 3.8) is 0 Å². The predicted octanol–water partition coefficient (Wildman–Crippen LogP) is 1.76. The fourth-order valence-electron chi connectivity index (χ4n) is 9.69. The Balaban J connectivity index is 0.728. The Hall–Kier alpha value is -7.77. The number of anilines is 3. The molecule has 2 unspecified atom stereocenters. The molecule has 0 saturated carbocycles. The van der Waals surface area contributed by atoms with Gasteiger partial charge in [-0.25, -0.2) is 52.8 Å². The molecule has 0 radical (unpaired) electrons. The number of nitrogens with two attached hydrogens (primary N) is 2. The van der Waals surface area contributed by atoms with Crippen molar-refractivity contribution in [3.8, 4) is 0 Å². The van der Waals surface area contributed by atoms with Crippen molar-refractivity contribution in [2.75, 3.05) is 49.2 Å². The fourth-order valence-corrected chi connectivity index (χ4v) is 12.6. The van der Waals surface area contributed by atoms with E-state index < -0.39 is 142 Å². The van der Waals surface area contributed by atoms with E-state index in [4.69, 9.17) is 55.6 Å². The zero-order chi connectivity index (χ0) is 64.6. The van der Waals surface area contributed by atoms with Crippen LogP contribution in [0, 0.1) is 5.92 Å². The Morgan fingerprint density at radius 2 is 1.40 bits per heavy atom. The van der Waals surface area contributed by atoms with Crippen molar-refractivity contribution in [1.29, 1.82) is 0 Å². The number of carbonyl (C=O) groups excluding carboxylic acids is 8. The minimum Gasteiger partial charge on any atom is -0.445 e. The molecule has 4 aromatic heterocycles. The number of hydrogen-bond acceptors (Lipinski definition) is 24. The van der Waals surface area contributed by atoms with Crippen LogP contribution in [-0.4, -0.2) is 178 Å². The third-order valence-corrected chi connectivity index (χ3v) is 17.3. The smallest absolute Gasteiger partial charge is 0.407 e. The van der Waals surface area contributed by atoms with Gasteiger partial charge in [-0.1, -0.05) is 38.2 Å². The molecule has 9 amide bonds. The van der Waals surface area contributed by atoms with Gasteiger partial charge in [-0.15, -0.1) is 0 Å². The highest BCUT2D eigenvalue weighted by atomic mass is 32.7. The number of alkyl carbamates (subject to hydrolysis) is 1. The SMILES string of the molecule is CC(C)[C@H](NC(=O)CCN1C(=O)C=CC1=O)C(=O)N[C@@H](CCCNC(N)=O)C(=O)Nc1ccc(COC(=O)NCCCC(=O)Nc2ncnc3c2ncn3[C@@H]2O[C@@H]3COP(O)(=S)O[C@H]4[C@@H](F)[C@H](n5cnc6c(N)ncnc65)O[C@@H]4COP(=O)(S)O[C@H]3[C@H]2F)cc1. The molecule has 4 aliphatic heterocycles. The van der Waals surface area contributed by atoms with Gasteiger partial charge >= 0.3 is 25.6 Å². The number of hydrogen-bond donors (Lipinski definition) is 10. The number of imide groups is 1. The van der Waals surface area contributed by atoms with Gasteiger partial charge in [0.25, 0.3) is 11.8 Å². The number of halogens is 2. The second-order valence-corrected chi connectivity index (χ2v) is 26.5. The fraction of sp³-hybridized carbons (Fsp3) is 0.480. The van der Waals surface area contributed by atoms with Crippen LogP contribution in [0.25, 0.3) is 22.3 Å². The van der Waals surface area contributed by atoms with E-state index in [0.29, 0.717) is 11.3 Å². The quantitative estimate of drug-likeness (QED) is 0.0204. The number of thiol groups is 1. The number of alkyl halides is 2. The number of rotatable bonds is 22.